The quantitative estimate of drug-likeness (QED) is 0.750. The molecular weight excluding hydrogens is 371 g/mol. The van der Waals surface area contributed by atoms with Crippen molar-refractivity contribution in [1.82, 2.24) is 15.0 Å². The maximum atomic E-state index is 5.50. The Kier molecular flexibility index (Phi) is 4.01. The van der Waals surface area contributed by atoms with E-state index in [4.69, 9.17) is 4.84 Å². The van der Waals surface area contributed by atoms with Crippen molar-refractivity contribution in [2.75, 3.05) is 0 Å². The average molecular weight is 391 g/mol. The van der Waals surface area contributed by atoms with Gasteiger partial charge in [0.05, 0.1) is 0 Å². The molecule has 0 aliphatic carbocycles. The van der Waals surface area contributed by atoms with Gasteiger partial charge in [0, 0.05) is 0 Å². The molecule has 1 unspecified atom stereocenters. The van der Waals surface area contributed by atoms with E-state index in [-0.39, 0.29) is 6.10 Å². The van der Waals surface area contributed by atoms with Gasteiger partial charge in [-0.2, -0.15) is 0 Å². The predicted molar refractivity (Wildman–Crippen MR) is 85.5 cm³/mol. The Hall–Kier alpha value is -1.37. The summed E-state index contributed by atoms with van der Waals surface area (Å²) in [7, 11) is 0. The van der Waals surface area contributed by atoms with E-state index >= 15 is 0 Å². The van der Waals surface area contributed by atoms with E-state index in [2.05, 4.69) is 54.6 Å². The number of aromatic nitrogens is 3. The van der Waals surface area contributed by atoms with Crippen molar-refractivity contribution in [3.05, 3.63) is 42.2 Å². The summed E-state index contributed by atoms with van der Waals surface area (Å²) in [5, 5.41) is 12.0. The maximum absolute atomic E-state index is 5.50. The van der Waals surface area contributed by atoms with Gasteiger partial charge in [0.2, 0.25) is 0 Å². The van der Waals surface area contributed by atoms with Gasteiger partial charge in [-0.3, -0.25) is 0 Å². The van der Waals surface area contributed by atoms with Crippen LogP contribution in [-0.4, -0.2) is 45.2 Å². The molecule has 5 nitrogen and oxygen atoms in total. The number of nitrogens with zero attached hydrogens (tertiary/aromatic N) is 4. The molecule has 0 bridgehead atoms. The second kappa shape index (κ2) is 5.79. The second-order valence-corrected chi connectivity index (χ2v) is 20.9. The Morgan fingerprint density at radius 1 is 1.24 bits per heavy atom. The van der Waals surface area contributed by atoms with Gasteiger partial charge in [0.25, 0.3) is 0 Å². The van der Waals surface area contributed by atoms with Crippen molar-refractivity contribution < 1.29 is 4.84 Å². The van der Waals surface area contributed by atoms with Crippen LogP contribution in [0.4, 0.5) is 0 Å². The third kappa shape index (κ3) is 3.45. The van der Waals surface area contributed by atoms with Crippen LogP contribution in [0.1, 0.15) is 12.0 Å². The minimum atomic E-state index is -1.96. The van der Waals surface area contributed by atoms with Crippen molar-refractivity contribution in [3.8, 4) is 0 Å². The SMILES string of the molecule is [CH3][Sn]([CH3])([CH3])[c]1ccc(C2=NOC(Cn3ccnn3)C2)cc1. The number of hydrogen-bond acceptors (Lipinski definition) is 4. The molecule has 1 aromatic heterocycles. The Labute approximate surface area is 128 Å². The first-order valence-corrected chi connectivity index (χ1v) is 17.2. The molecule has 0 N–H and O–H groups in total. The second-order valence-electron chi connectivity index (χ2n) is 6.42. The van der Waals surface area contributed by atoms with E-state index in [1.165, 1.54) is 3.58 Å². The molecule has 2 heterocycles. The summed E-state index contributed by atoms with van der Waals surface area (Å²) < 4.78 is 3.31. The normalized spacial score (nSPS) is 18.4. The summed E-state index contributed by atoms with van der Waals surface area (Å²) >= 11 is -1.96. The van der Waals surface area contributed by atoms with Crippen LogP contribution in [0.5, 0.6) is 0 Å². The topological polar surface area (TPSA) is 52.3 Å². The number of rotatable bonds is 4. The molecule has 0 saturated carbocycles. The Morgan fingerprint density at radius 3 is 2.62 bits per heavy atom. The fourth-order valence-electron chi connectivity index (χ4n) is 2.40. The van der Waals surface area contributed by atoms with Crippen LogP contribution in [0.2, 0.25) is 14.8 Å². The van der Waals surface area contributed by atoms with Gasteiger partial charge in [-0.05, 0) is 0 Å². The van der Waals surface area contributed by atoms with Crippen LogP contribution < -0.4 is 3.58 Å². The zero-order valence-electron chi connectivity index (χ0n) is 12.7. The number of hydrogen-bond donors (Lipinski definition) is 0. The molecule has 1 aliphatic heterocycles. The van der Waals surface area contributed by atoms with Crippen LogP contribution in [0.15, 0.2) is 41.8 Å². The zero-order chi connectivity index (χ0) is 14.9. The molecule has 6 heteroatoms. The van der Waals surface area contributed by atoms with Crippen molar-refractivity contribution in [1.29, 1.82) is 0 Å². The Balaban J connectivity index is 1.66. The van der Waals surface area contributed by atoms with E-state index < -0.39 is 18.4 Å². The van der Waals surface area contributed by atoms with Gasteiger partial charge in [0.15, 0.2) is 0 Å². The predicted octanol–water partition coefficient (Wildman–Crippen LogP) is 2.02. The van der Waals surface area contributed by atoms with Crippen molar-refractivity contribution >= 4 is 27.7 Å². The molecule has 1 aromatic carbocycles. The molecule has 21 heavy (non-hydrogen) atoms. The van der Waals surface area contributed by atoms with E-state index in [0.29, 0.717) is 6.54 Å². The molecule has 0 radical (unpaired) electrons. The summed E-state index contributed by atoms with van der Waals surface area (Å²) in [4.78, 5) is 12.8. The summed E-state index contributed by atoms with van der Waals surface area (Å²) in [5.41, 5.74) is 2.19. The van der Waals surface area contributed by atoms with Crippen LogP contribution >= 0.6 is 0 Å². The van der Waals surface area contributed by atoms with Gasteiger partial charge in [-0.15, -0.1) is 0 Å². The molecule has 1 aliphatic rings. The third-order valence-electron chi connectivity index (χ3n) is 3.68. The summed E-state index contributed by atoms with van der Waals surface area (Å²) in [6.45, 7) is 0.684. The van der Waals surface area contributed by atoms with E-state index in [1.807, 2.05) is 6.20 Å². The van der Waals surface area contributed by atoms with Gasteiger partial charge in [-0.25, -0.2) is 0 Å². The van der Waals surface area contributed by atoms with Gasteiger partial charge in [0.1, 0.15) is 0 Å². The van der Waals surface area contributed by atoms with E-state index in [9.17, 15) is 0 Å². The fraction of sp³-hybridized carbons (Fsp3) is 0.400. The average Bonchev–Trinajstić information content (AvgIpc) is 3.10. The first-order valence-electron chi connectivity index (χ1n) is 7.20. The molecule has 0 spiro atoms. The van der Waals surface area contributed by atoms with E-state index in [1.54, 1.807) is 10.9 Å². The molecule has 0 saturated heterocycles. The van der Waals surface area contributed by atoms with Crippen molar-refractivity contribution in [3.63, 3.8) is 0 Å². The minimum absolute atomic E-state index is 0.0446. The van der Waals surface area contributed by atoms with Gasteiger partial charge in [-0.1, -0.05) is 0 Å². The van der Waals surface area contributed by atoms with Crippen LogP contribution in [0, 0.1) is 0 Å². The Bertz CT molecular complexity index is 629. The zero-order valence-corrected chi connectivity index (χ0v) is 15.5. The number of oxime groups is 1. The standard InChI is InChI=1S/C12H11N4O.3CH3.Sn/c1-2-4-10(5-3-1)12-8-11(17-14-12)9-16-7-6-13-15-16;;;;/h2-7,11H,8-9H2;3*1H3;. The molecular formula is C15H20N4OSn. The molecule has 2 aromatic rings. The summed E-state index contributed by atoms with van der Waals surface area (Å²) in [6, 6.07) is 8.88. The fourth-order valence-corrected chi connectivity index (χ4v) is 5.73. The molecule has 0 fully saturated rings. The first kappa shape index (κ1) is 14.6. The monoisotopic (exact) mass is 392 g/mol. The summed E-state index contributed by atoms with van der Waals surface area (Å²) in [5.74, 6) is 0. The Morgan fingerprint density at radius 2 is 2.00 bits per heavy atom. The van der Waals surface area contributed by atoms with Crippen LogP contribution in [-0.2, 0) is 11.4 Å². The van der Waals surface area contributed by atoms with Crippen LogP contribution in [0.25, 0.3) is 0 Å². The van der Waals surface area contributed by atoms with Gasteiger partial charge >= 0.3 is 129 Å². The van der Waals surface area contributed by atoms with Gasteiger partial charge < -0.3 is 0 Å². The third-order valence-corrected chi connectivity index (χ3v) is 9.57. The number of benzene rings is 1. The van der Waals surface area contributed by atoms with E-state index in [0.717, 1.165) is 17.7 Å². The van der Waals surface area contributed by atoms with Crippen molar-refractivity contribution in [2.24, 2.45) is 5.16 Å². The summed E-state index contributed by atoms with van der Waals surface area (Å²) in [6.07, 6.45) is 4.38. The van der Waals surface area contributed by atoms with Crippen molar-refractivity contribution in [2.45, 2.75) is 33.9 Å². The molecule has 1 atom stereocenters. The molecule has 0 amide bonds. The molecule has 110 valence electrons. The first-order chi connectivity index (χ1) is 10.0. The van der Waals surface area contributed by atoms with Crippen LogP contribution in [0.3, 0.4) is 0 Å². The molecule has 3 rings (SSSR count).